The standard InChI is InChI=1S/C19H20N4OS/c1-12(2)11-14-6-8-15(9-7-14)13(3)17-20-21-19-23(17)22-18(25-19)16-5-4-10-24-16/h4-10,12-13H,11H2,1-3H3. The van der Waals surface area contributed by atoms with Crippen molar-refractivity contribution in [2.24, 2.45) is 5.92 Å². The Bertz CT molecular complexity index is 967. The quantitative estimate of drug-likeness (QED) is 0.518. The van der Waals surface area contributed by atoms with Crippen LogP contribution < -0.4 is 0 Å². The van der Waals surface area contributed by atoms with Crippen LogP contribution in [0.5, 0.6) is 0 Å². The molecule has 1 aromatic carbocycles. The highest BCUT2D eigenvalue weighted by Crippen LogP contribution is 2.29. The van der Waals surface area contributed by atoms with Crippen LogP contribution in [0.2, 0.25) is 0 Å². The van der Waals surface area contributed by atoms with Gasteiger partial charge in [-0.2, -0.15) is 4.52 Å². The summed E-state index contributed by atoms with van der Waals surface area (Å²) in [5.41, 5.74) is 2.58. The van der Waals surface area contributed by atoms with Gasteiger partial charge in [0.05, 0.1) is 6.26 Å². The largest absolute Gasteiger partial charge is 0.462 e. The van der Waals surface area contributed by atoms with E-state index < -0.39 is 0 Å². The smallest absolute Gasteiger partial charge is 0.235 e. The maximum Gasteiger partial charge on any atom is 0.235 e. The molecule has 0 saturated carbocycles. The van der Waals surface area contributed by atoms with Crippen LogP contribution >= 0.6 is 11.3 Å². The molecular formula is C19H20N4OS. The Morgan fingerprint density at radius 1 is 1.08 bits per heavy atom. The van der Waals surface area contributed by atoms with Crippen LogP contribution in [0.3, 0.4) is 0 Å². The van der Waals surface area contributed by atoms with Gasteiger partial charge in [-0.15, -0.1) is 15.3 Å². The average molecular weight is 352 g/mol. The Morgan fingerprint density at radius 2 is 1.88 bits per heavy atom. The summed E-state index contributed by atoms with van der Waals surface area (Å²) in [6, 6.07) is 12.5. The van der Waals surface area contributed by atoms with E-state index in [9.17, 15) is 0 Å². The van der Waals surface area contributed by atoms with Gasteiger partial charge in [0.2, 0.25) is 4.96 Å². The number of benzene rings is 1. The third kappa shape index (κ3) is 3.09. The molecule has 3 aromatic heterocycles. The Labute approximate surface area is 150 Å². The zero-order valence-electron chi connectivity index (χ0n) is 14.5. The summed E-state index contributed by atoms with van der Waals surface area (Å²) in [6.07, 6.45) is 2.75. The first-order chi connectivity index (χ1) is 12.1. The molecule has 4 aromatic rings. The van der Waals surface area contributed by atoms with Crippen molar-refractivity contribution < 1.29 is 4.42 Å². The molecule has 0 spiro atoms. The molecule has 5 nitrogen and oxygen atoms in total. The fourth-order valence-electron chi connectivity index (χ4n) is 2.96. The van der Waals surface area contributed by atoms with Crippen molar-refractivity contribution in [3.05, 3.63) is 59.6 Å². The number of nitrogens with zero attached hydrogens (tertiary/aromatic N) is 4. The predicted octanol–water partition coefficient (Wildman–Crippen LogP) is 4.80. The molecule has 0 aliphatic heterocycles. The van der Waals surface area contributed by atoms with E-state index in [-0.39, 0.29) is 5.92 Å². The zero-order chi connectivity index (χ0) is 17.4. The molecule has 0 amide bonds. The number of furan rings is 1. The molecule has 1 atom stereocenters. The van der Waals surface area contributed by atoms with Crippen molar-refractivity contribution in [2.45, 2.75) is 33.1 Å². The molecule has 4 rings (SSSR count). The fourth-order valence-corrected chi connectivity index (χ4v) is 3.78. The van der Waals surface area contributed by atoms with Gasteiger partial charge in [0.15, 0.2) is 16.6 Å². The zero-order valence-corrected chi connectivity index (χ0v) is 15.3. The van der Waals surface area contributed by atoms with Gasteiger partial charge in [-0.05, 0) is 35.6 Å². The van der Waals surface area contributed by atoms with Crippen molar-refractivity contribution in [1.82, 2.24) is 19.8 Å². The molecule has 0 aliphatic carbocycles. The number of hydrogen-bond donors (Lipinski definition) is 0. The van der Waals surface area contributed by atoms with Crippen LogP contribution in [0.1, 0.15) is 43.6 Å². The average Bonchev–Trinajstić information content (AvgIpc) is 3.30. The van der Waals surface area contributed by atoms with E-state index in [1.54, 1.807) is 6.26 Å². The minimum Gasteiger partial charge on any atom is -0.462 e. The van der Waals surface area contributed by atoms with E-state index in [2.05, 4.69) is 60.3 Å². The minimum absolute atomic E-state index is 0.120. The van der Waals surface area contributed by atoms with Crippen LogP contribution in [-0.2, 0) is 6.42 Å². The fraction of sp³-hybridized carbons (Fsp3) is 0.316. The molecule has 0 fully saturated rings. The van der Waals surface area contributed by atoms with Gasteiger partial charge in [-0.1, -0.05) is 56.4 Å². The lowest BCUT2D eigenvalue weighted by Crippen LogP contribution is -2.04. The first kappa shape index (κ1) is 16.0. The Morgan fingerprint density at radius 3 is 2.56 bits per heavy atom. The van der Waals surface area contributed by atoms with Gasteiger partial charge in [0.1, 0.15) is 0 Å². The molecule has 1 unspecified atom stereocenters. The third-order valence-electron chi connectivity index (χ3n) is 4.26. The molecule has 25 heavy (non-hydrogen) atoms. The van der Waals surface area contributed by atoms with Crippen LogP contribution in [0.4, 0.5) is 0 Å². The molecule has 0 N–H and O–H groups in total. The maximum atomic E-state index is 5.43. The molecular weight excluding hydrogens is 332 g/mol. The number of aromatic nitrogens is 4. The van der Waals surface area contributed by atoms with E-state index in [4.69, 9.17) is 4.42 Å². The summed E-state index contributed by atoms with van der Waals surface area (Å²) in [5, 5.41) is 14.1. The van der Waals surface area contributed by atoms with Crippen molar-refractivity contribution >= 4 is 16.3 Å². The molecule has 128 valence electrons. The maximum absolute atomic E-state index is 5.43. The molecule has 0 bridgehead atoms. The van der Waals surface area contributed by atoms with Crippen molar-refractivity contribution in [3.8, 4) is 10.8 Å². The van der Waals surface area contributed by atoms with E-state index >= 15 is 0 Å². The van der Waals surface area contributed by atoms with E-state index in [1.807, 2.05) is 16.6 Å². The van der Waals surface area contributed by atoms with Crippen LogP contribution in [0, 0.1) is 5.92 Å². The third-order valence-corrected chi connectivity index (χ3v) is 5.17. The minimum atomic E-state index is 0.120. The van der Waals surface area contributed by atoms with Crippen LogP contribution in [-0.4, -0.2) is 19.8 Å². The number of fused-ring (bicyclic) bond motifs is 1. The first-order valence-corrected chi connectivity index (χ1v) is 9.28. The molecule has 0 radical (unpaired) electrons. The lowest BCUT2D eigenvalue weighted by Gasteiger charge is -2.11. The topological polar surface area (TPSA) is 56.2 Å². The normalized spacial score (nSPS) is 13.0. The lowest BCUT2D eigenvalue weighted by atomic mass is 9.96. The summed E-state index contributed by atoms with van der Waals surface area (Å²) in [5.74, 6) is 2.39. The molecule has 0 saturated heterocycles. The predicted molar refractivity (Wildman–Crippen MR) is 98.9 cm³/mol. The van der Waals surface area contributed by atoms with E-state index in [0.717, 1.165) is 28.0 Å². The summed E-state index contributed by atoms with van der Waals surface area (Å²) in [7, 11) is 0. The molecule has 6 heteroatoms. The highest BCUT2D eigenvalue weighted by molar-refractivity contribution is 7.19. The van der Waals surface area contributed by atoms with Crippen LogP contribution in [0.25, 0.3) is 15.7 Å². The van der Waals surface area contributed by atoms with E-state index in [0.29, 0.717) is 5.92 Å². The van der Waals surface area contributed by atoms with Crippen molar-refractivity contribution in [2.75, 3.05) is 0 Å². The number of rotatable bonds is 5. The SMILES string of the molecule is CC(C)Cc1ccc(C(C)c2nnc3sc(-c4ccco4)nn23)cc1. The van der Waals surface area contributed by atoms with Gasteiger partial charge in [0.25, 0.3) is 0 Å². The molecule has 3 heterocycles. The Hall–Kier alpha value is -2.47. The summed E-state index contributed by atoms with van der Waals surface area (Å²) < 4.78 is 7.26. The Kier molecular flexibility index (Phi) is 4.13. The van der Waals surface area contributed by atoms with Crippen molar-refractivity contribution in [3.63, 3.8) is 0 Å². The number of hydrogen-bond acceptors (Lipinski definition) is 5. The van der Waals surface area contributed by atoms with Gasteiger partial charge < -0.3 is 4.42 Å². The first-order valence-electron chi connectivity index (χ1n) is 8.46. The van der Waals surface area contributed by atoms with Gasteiger partial charge in [-0.25, -0.2) is 0 Å². The van der Waals surface area contributed by atoms with Gasteiger partial charge >= 0.3 is 0 Å². The Balaban J connectivity index is 1.64. The summed E-state index contributed by atoms with van der Waals surface area (Å²) >= 11 is 1.48. The van der Waals surface area contributed by atoms with Crippen LogP contribution in [0.15, 0.2) is 47.1 Å². The van der Waals surface area contributed by atoms with Gasteiger partial charge in [-0.3, -0.25) is 0 Å². The van der Waals surface area contributed by atoms with Crippen molar-refractivity contribution in [1.29, 1.82) is 0 Å². The second kappa shape index (κ2) is 6.44. The second-order valence-corrected chi connectivity index (χ2v) is 7.65. The highest BCUT2D eigenvalue weighted by atomic mass is 32.1. The summed E-state index contributed by atoms with van der Waals surface area (Å²) in [4.78, 5) is 0.782. The highest BCUT2D eigenvalue weighted by Gasteiger charge is 2.20. The van der Waals surface area contributed by atoms with E-state index in [1.165, 1.54) is 22.5 Å². The summed E-state index contributed by atoms with van der Waals surface area (Å²) in [6.45, 7) is 6.62. The lowest BCUT2D eigenvalue weighted by molar-refractivity contribution is 0.580. The monoisotopic (exact) mass is 352 g/mol. The van der Waals surface area contributed by atoms with Gasteiger partial charge in [0, 0.05) is 5.92 Å². The molecule has 0 aliphatic rings. The second-order valence-electron chi connectivity index (χ2n) is 6.70.